The van der Waals surface area contributed by atoms with Crippen LogP contribution in [-0.4, -0.2) is 55.9 Å². The van der Waals surface area contributed by atoms with Gasteiger partial charge < -0.3 is 15.1 Å². The number of nitrogens with one attached hydrogen (secondary N) is 1. The van der Waals surface area contributed by atoms with Crippen molar-refractivity contribution in [2.24, 2.45) is 10.4 Å². The minimum absolute atomic E-state index is 0. The maximum atomic E-state index is 11.9. The average molecular weight is 470 g/mol. The highest BCUT2D eigenvalue weighted by Crippen LogP contribution is 2.45. The van der Waals surface area contributed by atoms with E-state index >= 15 is 0 Å². The van der Waals surface area contributed by atoms with Crippen molar-refractivity contribution in [3.8, 4) is 0 Å². The Bertz CT molecular complexity index is 636. The first kappa shape index (κ1) is 21.0. The van der Waals surface area contributed by atoms with Gasteiger partial charge >= 0.3 is 0 Å². The number of hydrogen-bond donors (Lipinski definition) is 1. The number of rotatable bonds is 3. The van der Waals surface area contributed by atoms with E-state index in [1.165, 1.54) is 32.1 Å². The van der Waals surface area contributed by atoms with E-state index in [1.54, 1.807) is 19.0 Å². The Morgan fingerprint density at radius 3 is 2.42 bits per heavy atom. The average Bonchev–Trinajstić information content (AvgIpc) is 3.25. The predicted octanol–water partition coefficient (Wildman–Crippen LogP) is 3.35. The molecule has 1 amide bonds. The third-order valence-electron chi connectivity index (χ3n) is 5.67. The molecule has 1 saturated heterocycles. The van der Waals surface area contributed by atoms with E-state index in [4.69, 9.17) is 0 Å². The molecule has 1 saturated carbocycles. The highest BCUT2D eigenvalue weighted by molar-refractivity contribution is 14.0. The number of carbonyl (C=O) groups excluding carboxylic acids is 1. The molecule has 0 atom stereocenters. The van der Waals surface area contributed by atoms with Crippen molar-refractivity contribution < 1.29 is 4.79 Å². The number of amides is 1. The Morgan fingerprint density at radius 2 is 1.85 bits per heavy atom. The second-order valence-corrected chi connectivity index (χ2v) is 7.68. The lowest BCUT2D eigenvalue weighted by Gasteiger charge is -2.26. The zero-order chi connectivity index (χ0) is 17.9. The molecule has 0 aromatic heterocycles. The first-order valence-corrected chi connectivity index (χ1v) is 9.29. The van der Waals surface area contributed by atoms with E-state index in [0.29, 0.717) is 5.41 Å². The zero-order valence-corrected chi connectivity index (χ0v) is 18.5. The van der Waals surface area contributed by atoms with Crippen LogP contribution in [0.5, 0.6) is 0 Å². The summed E-state index contributed by atoms with van der Waals surface area (Å²) in [6, 6.07) is 7.82. The Morgan fingerprint density at radius 1 is 1.19 bits per heavy atom. The van der Waals surface area contributed by atoms with Crippen molar-refractivity contribution >= 4 is 35.8 Å². The van der Waals surface area contributed by atoms with Crippen LogP contribution < -0.4 is 5.32 Å². The molecule has 3 rings (SSSR count). The molecule has 2 fully saturated rings. The third-order valence-corrected chi connectivity index (χ3v) is 5.67. The number of aliphatic imine (C=N–C) groups is 1. The van der Waals surface area contributed by atoms with Gasteiger partial charge in [-0.2, -0.15) is 0 Å². The van der Waals surface area contributed by atoms with Crippen LogP contribution >= 0.6 is 24.0 Å². The van der Waals surface area contributed by atoms with Crippen molar-refractivity contribution in [1.29, 1.82) is 0 Å². The van der Waals surface area contributed by atoms with Gasteiger partial charge in [0, 0.05) is 46.3 Å². The molecule has 0 unspecified atom stereocenters. The lowest BCUT2D eigenvalue weighted by atomic mass is 9.86. The molecule has 1 spiro atoms. The SMILES string of the molecule is CN=C(NCc1ccc(C(=O)N(C)C)cc1)N1CCC2(CCCC2)C1.I. The molecule has 1 N–H and O–H groups in total. The number of hydrogen-bond acceptors (Lipinski definition) is 2. The standard InChI is InChI=1S/C20H30N4O.HI/c1-21-19(24-13-12-20(15-24)10-4-5-11-20)22-14-16-6-8-17(9-7-16)18(25)23(2)3;/h6-9H,4-5,10-15H2,1-3H3,(H,21,22);1H. The topological polar surface area (TPSA) is 47.9 Å². The largest absolute Gasteiger partial charge is 0.352 e. The van der Waals surface area contributed by atoms with Gasteiger partial charge in [-0.05, 0) is 42.4 Å². The van der Waals surface area contributed by atoms with Crippen LogP contribution in [0.25, 0.3) is 0 Å². The summed E-state index contributed by atoms with van der Waals surface area (Å²) in [4.78, 5) is 20.4. The number of nitrogens with zero attached hydrogens (tertiary/aromatic N) is 3. The van der Waals surface area contributed by atoms with E-state index in [-0.39, 0.29) is 29.9 Å². The Kier molecular flexibility index (Phi) is 7.32. The van der Waals surface area contributed by atoms with Gasteiger partial charge in [0.25, 0.3) is 5.91 Å². The third kappa shape index (κ3) is 4.69. The summed E-state index contributed by atoms with van der Waals surface area (Å²) in [6.45, 7) is 2.98. The Labute approximate surface area is 174 Å². The molecule has 2 aliphatic rings. The van der Waals surface area contributed by atoms with E-state index in [9.17, 15) is 4.79 Å². The fraction of sp³-hybridized carbons (Fsp3) is 0.600. The lowest BCUT2D eigenvalue weighted by Crippen LogP contribution is -2.40. The van der Waals surface area contributed by atoms with Crippen LogP contribution in [-0.2, 0) is 6.54 Å². The number of benzene rings is 1. The molecule has 1 aliphatic carbocycles. The van der Waals surface area contributed by atoms with Crippen LogP contribution in [0.1, 0.15) is 48.0 Å². The van der Waals surface area contributed by atoms with E-state index < -0.39 is 0 Å². The molecule has 0 bridgehead atoms. The molecule has 0 radical (unpaired) electrons. The number of halogens is 1. The molecule has 26 heavy (non-hydrogen) atoms. The summed E-state index contributed by atoms with van der Waals surface area (Å²) < 4.78 is 0. The highest BCUT2D eigenvalue weighted by atomic mass is 127. The normalized spacial score (nSPS) is 18.7. The van der Waals surface area contributed by atoms with Crippen molar-refractivity contribution in [1.82, 2.24) is 15.1 Å². The molecule has 1 aliphatic heterocycles. The number of guanidine groups is 1. The molecular weight excluding hydrogens is 439 g/mol. The van der Waals surface area contributed by atoms with Crippen molar-refractivity contribution in [3.05, 3.63) is 35.4 Å². The van der Waals surface area contributed by atoms with Crippen LogP contribution in [0.15, 0.2) is 29.3 Å². The minimum Gasteiger partial charge on any atom is -0.352 e. The zero-order valence-electron chi connectivity index (χ0n) is 16.1. The summed E-state index contributed by atoms with van der Waals surface area (Å²) in [5.41, 5.74) is 2.43. The summed E-state index contributed by atoms with van der Waals surface area (Å²) in [7, 11) is 5.41. The van der Waals surface area contributed by atoms with Crippen LogP contribution in [0.2, 0.25) is 0 Å². The number of likely N-dealkylation sites (tertiary alicyclic amines) is 1. The predicted molar refractivity (Wildman–Crippen MR) is 117 cm³/mol. The maximum Gasteiger partial charge on any atom is 0.253 e. The quantitative estimate of drug-likeness (QED) is 0.419. The van der Waals surface area contributed by atoms with Crippen LogP contribution in [0.4, 0.5) is 0 Å². The maximum absolute atomic E-state index is 11.9. The first-order chi connectivity index (χ1) is 12.0. The molecule has 144 valence electrons. The Hall–Kier alpha value is -1.31. The molecule has 6 heteroatoms. The monoisotopic (exact) mass is 470 g/mol. The van der Waals surface area contributed by atoms with E-state index in [0.717, 1.165) is 36.7 Å². The second kappa shape index (κ2) is 9.06. The lowest BCUT2D eigenvalue weighted by molar-refractivity contribution is 0.0827. The van der Waals surface area contributed by atoms with Gasteiger partial charge in [0.1, 0.15) is 0 Å². The van der Waals surface area contributed by atoms with Crippen molar-refractivity contribution in [3.63, 3.8) is 0 Å². The van der Waals surface area contributed by atoms with Crippen molar-refractivity contribution in [2.45, 2.75) is 38.6 Å². The van der Waals surface area contributed by atoms with E-state index in [2.05, 4.69) is 15.2 Å². The fourth-order valence-corrected chi connectivity index (χ4v) is 4.19. The second-order valence-electron chi connectivity index (χ2n) is 7.68. The van der Waals surface area contributed by atoms with Gasteiger partial charge in [0.15, 0.2) is 5.96 Å². The highest BCUT2D eigenvalue weighted by Gasteiger charge is 2.41. The molecule has 1 aromatic carbocycles. The van der Waals surface area contributed by atoms with Crippen molar-refractivity contribution in [2.75, 3.05) is 34.2 Å². The first-order valence-electron chi connectivity index (χ1n) is 9.29. The Balaban J connectivity index is 0.00000243. The van der Waals surface area contributed by atoms with Gasteiger partial charge in [-0.1, -0.05) is 25.0 Å². The fourth-order valence-electron chi connectivity index (χ4n) is 4.19. The molecule has 1 heterocycles. The van der Waals surface area contributed by atoms with Gasteiger partial charge in [0.2, 0.25) is 0 Å². The van der Waals surface area contributed by atoms with E-state index in [1.807, 2.05) is 31.3 Å². The van der Waals surface area contributed by atoms with Gasteiger partial charge in [-0.25, -0.2) is 0 Å². The van der Waals surface area contributed by atoms with Gasteiger partial charge in [-0.3, -0.25) is 9.79 Å². The summed E-state index contributed by atoms with van der Waals surface area (Å²) in [5.74, 6) is 1.03. The molecule has 1 aromatic rings. The summed E-state index contributed by atoms with van der Waals surface area (Å²) in [6.07, 6.45) is 6.83. The molecular formula is C20H31IN4O. The number of carbonyl (C=O) groups is 1. The summed E-state index contributed by atoms with van der Waals surface area (Å²) in [5, 5.41) is 3.49. The smallest absolute Gasteiger partial charge is 0.253 e. The van der Waals surface area contributed by atoms with Crippen LogP contribution in [0, 0.1) is 5.41 Å². The van der Waals surface area contributed by atoms with Gasteiger partial charge in [-0.15, -0.1) is 24.0 Å². The van der Waals surface area contributed by atoms with Crippen LogP contribution in [0.3, 0.4) is 0 Å². The molecule has 5 nitrogen and oxygen atoms in total. The minimum atomic E-state index is 0. The summed E-state index contributed by atoms with van der Waals surface area (Å²) >= 11 is 0. The van der Waals surface area contributed by atoms with Gasteiger partial charge in [0.05, 0.1) is 0 Å².